The maximum absolute atomic E-state index is 13.0. The van der Waals surface area contributed by atoms with Crippen molar-refractivity contribution in [1.82, 2.24) is 0 Å². The van der Waals surface area contributed by atoms with Crippen molar-refractivity contribution in [3.05, 3.63) is 0 Å². The van der Waals surface area contributed by atoms with E-state index in [1.165, 1.54) is 109 Å². The summed E-state index contributed by atoms with van der Waals surface area (Å²) in [6.45, 7) is 14.0. The van der Waals surface area contributed by atoms with Crippen LogP contribution in [-0.2, 0) is 65.4 Å². The fourth-order valence-electron chi connectivity index (χ4n) is 9.54. The van der Waals surface area contributed by atoms with Crippen LogP contribution in [0, 0.1) is 23.7 Å². The molecular weight excluding hydrogens is 1110 g/mol. The molecule has 0 radical (unpaired) electrons. The summed E-state index contributed by atoms with van der Waals surface area (Å²) in [7, 11) is -9.89. The summed E-state index contributed by atoms with van der Waals surface area (Å²) >= 11 is 0. The average molecular weight is 1240 g/mol. The quantitative estimate of drug-likeness (QED) is 0.0222. The van der Waals surface area contributed by atoms with Crippen molar-refractivity contribution < 1.29 is 80.2 Å². The number of rotatable bonds is 62. The minimum Gasteiger partial charge on any atom is -0.462 e. The molecule has 0 aromatic rings. The number of phosphoric acid groups is 2. The summed E-state index contributed by atoms with van der Waals surface area (Å²) in [5.41, 5.74) is 0. The van der Waals surface area contributed by atoms with Crippen LogP contribution < -0.4 is 0 Å². The highest BCUT2D eigenvalue weighted by atomic mass is 31.2. The summed E-state index contributed by atoms with van der Waals surface area (Å²) in [5.74, 6) is 0.800. The monoisotopic (exact) mass is 1240 g/mol. The maximum atomic E-state index is 13.0. The van der Waals surface area contributed by atoms with Crippen LogP contribution in [0.3, 0.4) is 0 Å². The van der Waals surface area contributed by atoms with Crippen LogP contribution in [0.15, 0.2) is 0 Å². The molecule has 3 N–H and O–H groups in total. The summed E-state index contributed by atoms with van der Waals surface area (Å²) in [4.78, 5) is 72.3. The Morgan fingerprint density at radius 2 is 0.571 bits per heavy atom. The lowest BCUT2D eigenvalue weighted by Crippen LogP contribution is -2.30. The number of carbonyl (C=O) groups is 4. The van der Waals surface area contributed by atoms with E-state index in [0.29, 0.717) is 31.6 Å². The third-order valence-corrected chi connectivity index (χ3v) is 17.4. The van der Waals surface area contributed by atoms with Crippen molar-refractivity contribution in [2.75, 3.05) is 39.6 Å². The van der Waals surface area contributed by atoms with Crippen molar-refractivity contribution in [3.8, 4) is 0 Å². The standard InChI is InChI=1S/C65H126O17P2/c1-9-57(7)43-35-27-19-14-15-20-29-37-45-62(67)75-51-60(81-64(69)47-39-31-21-13-11-12-17-25-33-41-55(3)4)53-79-83(71,72)77-49-59(66)50-78-84(73,74)80-54-61(82-65(70)48-40-32-22-16-18-26-34-42-56(5)6)52-76-63(68)46-38-30-24-23-28-36-44-58(8)10-2/h55-61,66H,9-54H2,1-8H3,(H,71,72)(H,73,74)/t57?,58?,59-,60-,61-/m1/s1. The third kappa shape index (κ3) is 56.6. The number of unbranched alkanes of at least 4 members (excludes halogenated alkanes) is 26. The summed E-state index contributed by atoms with van der Waals surface area (Å²) in [5, 5.41) is 10.5. The fraction of sp³-hybridized carbons (Fsp3) is 0.938. The third-order valence-electron chi connectivity index (χ3n) is 15.5. The van der Waals surface area contributed by atoms with Crippen molar-refractivity contribution in [2.24, 2.45) is 23.7 Å². The predicted octanol–water partition coefficient (Wildman–Crippen LogP) is 17.8. The molecule has 0 aliphatic heterocycles. The Morgan fingerprint density at radius 1 is 0.333 bits per heavy atom. The Hall–Kier alpha value is -1.94. The second kappa shape index (κ2) is 55.2. The predicted molar refractivity (Wildman–Crippen MR) is 335 cm³/mol. The minimum atomic E-state index is -4.95. The van der Waals surface area contributed by atoms with Crippen LogP contribution in [0.25, 0.3) is 0 Å². The van der Waals surface area contributed by atoms with Crippen molar-refractivity contribution in [1.29, 1.82) is 0 Å². The van der Waals surface area contributed by atoms with E-state index in [0.717, 1.165) is 114 Å². The first-order valence-electron chi connectivity index (χ1n) is 33.8. The fourth-order valence-corrected chi connectivity index (χ4v) is 11.1. The SMILES string of the molecule is CCC(C)CCCCCCCCCCC(=O)OC[C@H](COP(=O)(O)OC[C@@H](O)COP(=O)(O)OC[C@@H](COC(=O)CCCCCCCCC(C)CC)OC(=O)CCCCCCCCCC(C)C)OC(=O)CCCCCCCCCCCC(C)C. The molecule has 0 fully saturated rings. The van der Waals surface area contributed by atoms with Gasteiger partial charge in [0.05, 0.1) is 26.4 Å². The molecule has 0 amide bonds. The second-order valence-electron chi connectivity index (χ2n) is 24.9. The lowest BCUT2D eigenvalue weighted by atomic mass is 9.99. The highest BCUT2D eigenvalue weighted by Gasteiger charge is 2.30. The molecule has 0 aliphatic rings. The molecule has 84 heavy (non-hydrogen) atoms. The van der Waals surface area contributed by atoms with Gasteiger partial charge in [-0.25, -0.2) is 9.13 Å². The molecule has 0 bridgehead atoms. The molecule has 0 aliphatic carbocycles. The molecule has 0 aromatic carbocycles. The van der Waals surface area contributed by atoms with Crippen LogP contribution in [0.5, 0.6) is 0 Å². The van der Waals surface area contributed by atoms with Gasteiger partial charge in [-0.3, -0.25) is 37.3 Å². The summed E-state index contributed by atoms with van der Waals surface area (Å²) < 4.78 is 68.0. The molecule has 0 saturated heterocycles. The van der Waals surface area contributed by atoms with Crippen molar-refractivity contribution in [3.63, 3.8) is 0 Å². The zero-order valence-corrected chi connectivity index (χ0v) is 56.3. The molecular formula is C65H126O17P2. The molecule has 19 heteroatoms. The van der Waals surface area contributed by atoms with Crippen molar-refractivity contribution in [2.45, 2.75) is 331 Å². The number of aliphatic hydroxyl groups is 1. The van der Waals surface area contributed by atoms with Gasteiger partial charge < -0.3 is 33.8 Å². The number of carbonyl (C=O) groups excluding carboxylic acids is 4. The van der Waals surface area contributed by atoms with E-state index >= 15 is 0 Å². The van der Waals surface area contributed by atoms with E-state index in [-0.39, 0.29) is 25.7 Å². The van der Waals surface area contributed by atoms with Gasteiger partial charge in [0, 0.05) is 25.7 Å². The molecule has 0 aromatic heterocycles. The van der Waals surface area contributed by atoms with Crippen molar-refractivity contribution >= 4 is 39.5 Å². The smallest absolute Gasteiger partial charge is 0.462 e. The number of aliphatic hydroxyl groups excluding tert-OH is 1. The topological polar surface area (TPSA) is 237 Å². The molecule has 0 spiro atoms. The first-order chi connectivity index (χ1) is 40.2. The molecule has 0 saturated carbocycles. The van der Waals surface area contributed by atoms with E-state index in [4.69, 9.17) is 37.0 Å². The Morgan fingerprint density at radius 3 is 0.845 bits per heavy atom. The van der Waals surface area contributed by atoms with Gasteiger partial charge in [-0.15, -0.1) is 0 Å². The Bertz CT molecular complexity index is 1680. The van der Waals surface area contributed by atoms with Crippen LogP contribution in [0.2, 0.25) is 0 Å². The van der Waals surface area contributed by atoms with E-state index in [2.05, 4.69) is 55.4 Å². The van der Waals surface area contributed by atoms with E-state index in [1.807, 2.05) is 0 Å². The zero-order valence-electron chi connectivity index (χ0n) is 54.5. The van der Waals surface area contributed by atoms with Gasteiger partial charge in [0.1, 0.15) is 19.3 Å². The van der Waals surface area contributed by atoms with Gasteiger partial charge in [0.15, 0.2) is 12.2 Å². The second-order valence-corrected chi connectivity index (χ2v) is 27.8. The zero-order chi connectivity index (χ0) is 62.5. The summed E-state index contributed by atoms with van der Waals surface area (Å²) in [6.07, 6.45) is 34.9. The van der Waals surface area contributed by atoms with E-state index in [9.17, 15) is 43.2 Å². The van der Waals surface area contributed by atoms with E-state index < -0.39 is 97.5 Å². The number of ether oxygens (including phenoxy) is 4. The van der Waals surface area contributed by atoms with Gasteiger partial charge in [-0.05, 0) is 49.4 Å². The average Bonchev–Trinajstić information content (AvgIpc) is 3.45. The lowest BCUT2D eigenvalue weighted by Gasteiger charge is -2.21. The normalized spacial score (nSPS) is 15.1. The molecule has 498 valence electrons. The van der Waals surface area contributed by atoms with Crippen LogP contribution >= 0.6 is 15.6 Å². The van der Waals surface area contributed by atoms with Crippen LogP contribution in [0.1, 0.15) is 312 Å². The molecule has 0 rings (SSSR count). The number of esters is 4. The lowest BCUT2D eigenvalue weighted by molar-refractivity contribution is -0.161. The first-order valence-corrected chi connectivity index (χ1v) is 36.8. The van der Waals surface area contributed by atoms with Gasteiger partial charge in [0.25, 0.3) is 0 Å². The Balaban J connectivity index is 5.27. The van der Waals surface area contributed by atoms with Gasteiger partial charge in [-0.1, -0.05) is 261 Å². The number of phosphoric ester groups is 2. The Labute approximate surface area is 511 Å². The highest BCUT2D eigenvalue weighted by molar-refractivity contribution is 7.47. The maximum Gasteiger partial charge on any atom is 0.472 e. The first kappa shape index (κ1) is 82.1. The number of hydrogen-bond donors (Lipinski definition) is 3. The van der Waals surface area contributed by atoms with Gasteiger partial charge in [0.2, 0.25) is 0 Å². The summed E-state index contributed by atoms with van der Waals surface area (Å²) in [6, 6.07) is 0. The van der Waals surface area contributed by atoms with Crippen LogP contribution in [-0.4, -0.2) is 96.7 Å². The van der Waals surface area contributed by atoms with Crippen LogP contribution in [0.4, 0.5) is 0 Å². The molecule has 4 unspecified atom stereocenters. The number of hydrogen-bond acceptors (Lipinski definition) is 15. The highest BCUT2D eigenvalue weighted by Crippen LogP contribution is 2.45. The largest absolute Gasteiger partial charge is 0.472 e. The minimum absolute atomic E-state index is 0.102. The molecule has 17 nitrogen and oxygen atoms in total. The van der Waals surface area contributed by atoms with Gasteiger partial charge in [-0.2, -0.15) is 0 Å². The van der Waals surface area contributed by atoms with E-state index in [1.54, 1.807) is 0 Å². The Kier molecular flexibility index (Phi) is 53.9. The molecule has 0 heterocycles. The molecule has 7 atom stereocenters. The van der Waals surface area contributed by atoms with Gasteiger partial charge >= 0.3 is 39.5 Å².